The van der Waals surface area contributed by atoms with Gasteiger partial charge < -0.3 is 15.0 Å². The van der Waals surface area contributed by atoms with E-state index in [4.69, 9.17) is 4.74 Å². The minimum atomic E-state index is -3.84. The molecule has 1 fully saturated rings. The average molecular weight is 404 g/mol. The number of hydrogen-bond acceptors (Lipinski definition) is 5. The third kappa shape index (κ3) is 4.89. The molecule has 1 saturated heterocycles. The Morgan fingerprint density at radius 3 is 2.32 bits per heavy atom. The van der Waals surface area contributed by atoms with Gasteiger partial charge in [0, 0.05) is 32.7 Å². The number of benzene rings is 2. The Kier molecular flexibility index (Phi) is 6.66. The van der Waals surface area contributed by atoms with Crippen LogP contribution in [0.3, 0.4) is 0 Å². The van der Waals surface area contributed by atoms with Crippen LogP contribution in [0.15, 0.2) is 59.5 Å². The van der Waals surface area contributed by atoms with Gasteiger partial charge in [-0.15, -0.1) is 0 Å². The molecule has 1 amide bonds. The molecule has 0 bridgehead atoms. The van der Waals surface area contributed by atoms with Crippen LogP contribution in [0.4, 0.5) is 0 Å². The first-order valence-corrected chi connectivity index (χ1v) is 10.6. The Labute approximate surface area is 166 Å². The van der Waals surface area contributed by atoms with Crippen LogP contribution in [0.1, 0.15) is 5.56 Å². The molecule has 0 unspecified atom stereocenters. The number of ether oxygens (including phenoxy) is 1. The first kappa shape index (κ1) is 20.3. The van der Waals surface area contributed by atoms with Gasteiger partial charge in [0.25, 0.3) is 0 Å². The number of amides is 1. The highest BCUT2D eigenvalue weighted by Crippen LogP contribution is 2.21. The number of sulfonamides is 1. The summed E-state index contributed by atoms with van der Waals surface area (Å²) in [4.78, 5) is 14.6. The predicted molar refractivity (Wildman–Crippen MR) is 106 cm³/mol. The molecule has 3 rings (SSSR count). The van der Waals surface area contributed by atoms with Crippen molar-refractivity contribution in [1.82, 2.24) is 14.5 Å². The van der Waals surface area contributed by atoms with E-state index in [1.165, 1.54) is 23.5 Å². The maximum absolute atomic E-state index is 13.3. The lowest BCUT2D eigenvalue weighted by Crippen LogP contribution is -2.50. The second-order valence-corrected chi connectivity index (χ2v) is 8.50. The number of carbonyl (C=O) groups excluding carboxylic acids is 1. The van der Waals surface area contributed by atoms with Crippen LogP contribution >= 0.6 is 0 Å². The summed E-state index contributed by atoms with van der Waals surface area (Å²) >= 11 is 0. The summed E-state index contributed by atoms with van der Waals surface area (Å²) in [6.07, 6.45) is 0. The zero-order valence-electron chi connectivity index (χ0n) is 15.9. The first-order chi connectivity index (χ1) is 13.5. The molecule has 0 spiro atoms. The van der Waals surface area contributed by atoms with E-state index in [-0.39, 0.29) is 23.9 Å². The van der Waals surface area contributed by atoms with E-state index >= 15 is 0 Å². The average Bonchev–Trinajstić information content (AvgIpc) is 2.74. The van der Waals surface area contributed by atoms with E-state index in [0.717, 1.165) is 18.7 Å². The molecule has 2 aromatic rings. The van der Waals surface area contributed by atoms with E-state index < -0.39 is 10.0 Å². The number of carbonyl (C=O) groups is 1. The third-order valence-corrected chi connectivity index (χ3v) is 6.49. The van der Waals surface area contributed by atoms with Crippen LogP contribution in [0.25, 0.3) is 0 Å². The van der Waals surface area contributed by atoms with Gasteiger partial charge in [-0.3, -0.25) is 4.79 Å². The Balaban J connectivity index is 1.86. The van der Waals surface area contributed by atoms with Crippen molar-refractivity contribution >= 4 is 15.9 Å². The van der Waals surface area contributed by atoms with Crippen molar-refractivity contribution in [3.05, 3.63) is 60.2 Å². The molecule has 28 heavy (non-hydrogen) atoms. The summed E-state index contributed by atoms with van der Waals surface area (Å²) in [6, 6.07) is 15.5. The lowest BCUT2D eigenvalue weighted by molar-refractivity contribution is -0.132. The molecule has 8 heteroatoms. The van der Waals surface area contributed by atoms with Gasteiger partial charge in [-0.25, -0.2) is 8.42 Å². The predicted octanol–water partition coefficient (Wildman–Crippen LogP) is 1.32. The number of methoxy groups -OCH3 is 1. The fraction of sp³-hybridized carbons (Fsp3) is 0.350. The maximum Gasteiger partial charge on any atom is 0.243 e. The Morgan fingerprint density at radius 2 is 1.71 bits per heavy atom. The highest BCUT2D eigenvalue weighted by atomic mass is 32.2. The Hall–Kier alpha value is -2.42. The molecule has 2 aromatic carbocycles. The monoisotopic (exact) mass is 403 g/mol. The maximum atomic E-state index is 13.3. The molecule has 150 valence electrons. The summed E-state index contributed by atoms with van der Waals surface area (Å²) < 4.78 is 32.9. The smallest absolute Gasteiger partial charge is 0.243 e. The highest BCUT2D eigenvalue weighted by Gasteiger charge is 2.29. The summed E-state index contributed by atoms with van der Waals surface area (Å²) in [6.45, 7) is 2.54. The zero-order valence-corrected chi connectivity index (χ0v) is 16.7. The van der Waals surface area contributed by atoms with Gasteiger partial charge in [0.1, 0.15) is 5.75 Å². The van der Waals surface area contributed by atoms with Gasteiger partial charge in [-0.05, 0) is 29.8 Å². The normalized spacial score (nSPS) is 14.9. The van der Waals surface area contributed by atoms with E-state index in [1.807, 2.05) is 30.3 Å². The number of rotatable bonds is 7. The van der Waals surface area contributed by atoms with Gasteiger partial charge in [0.15, 0.2) is 0 Å². The SMILES string of the molecule is COc1ccc(S(=O)(=O)N(CC(=O)N2CCNCC2)Cc2ccccc2)cc1. The van der Waals surface area contributed by atoms with Gasteiger partial charge in [0.2, 0.25) is 15.9 Å². The van der Waals surface area contributed by atoms with Crippen molar-refractivity contribution in [3.63, 3.8) is 0 Å². The van der Waals surface area contributed by atoms with Crippen LogP contribution in [0.5, 0.6) is 5.75 Å². The van der Waals surface area contributed by atoms with E-state index in [2.05, 4.69) is 5.32 Å². The van der Waals surface area contributed by atoms with E-state index in [9.17, 15) is 13.2 Å². The molecule has 1 N–H and O–H groups in total. The molecule has 0 saturated carbocycles. The van der Waals surface area contributed by atoms with Crippen molar-refractivity contribution in [1.29, 1.82) is 0 Å². The molecular weight excluding hydrogens is 378 g/mol. The topological polar surface area (TPSA) is 79.0 Å². The largest absolute Gasteiger partial charge is 0.497 e. The number of nitrogens with zero attached hydrogens (tertiary/aromatic N) is 2. The zero-order chi connectivity index (χ0) is 20.0. The van der Waals surface area contributed by atoms with Crippen LogP contribution in [-0.4, -0.2) is 63.4 Å². The van der Waals surface area contributed by atoms with E-state index in [1.54, 1.807) is 17.0 Å². The molecule has 0 aromatic heterocycles. The number of nitrogens with one attached hydrogen (secondary N) is 1. The first-order valence-electron chi connectivity index (χ1n) is 9.17. The summed E-state index contributed by atoms with van der Waals surface area (Å²) in [7, 11) is -2.32. The molecule has 0 aliphatic carbocycles. The second-order valence-electron chi connectivity index (χ2n) is 6.57. The highest BCUT2D eigenvalue weighted by molar-refractivity contribution is 7.89. The Bertz CT molecular complexity index is 879. The minimum absolute atomic E-state index is 0.132. The fourth-order valence-corrected chi connectivity index (χ4v) is 4.45. The van der Waals surface area contributed by atoms with Crippen molar-refractivity contribution in [3.8, 4) is 5.75 Å². The Morgan fingerprint density at radius 1 is 1.07 bits per heavy atom. The van der Waals surface area contributed by atoms with Crippen molar-refractivity contribution < 1.29 is 17.9 Å². The van der Waals surface area contributed by atoms with Gasteiger partial charge in [0.05, 0.1) is 18.6 Å². The van der Waals surface area contributed by atoms with Crippen LogP contribution in [-0.2, 0) is 21.4 Å². The van der Waals surface area contributed by atoms with Crippen LogP contribution < -0.4 is 10.1 Å². The molecule has 0 atom stereocenters. The molecule has 0 radical (unpaired) electrons. The van der Waals surface area contributed by atoms with Crippen molar-refractivity contribution in [2.75, 3.05) is 39.8 Å². The molecule has 1 aliphatic rings. The number of piperazine rings is 1. The fourth-order valence-electron chi connectivity index (χ4n) is 3.07. The quantitative estimate of drug-likeness (QED) is 0.754. The second kappa shape index (κ2) is 9.18. The van der Waals surface area contributed by atoms with Crippen molar-refractivity contribution in [2.45, 2.75) is 11.4 Å². The van der Waals surface area contributed by atoms with E-state index in [0.29, 0.717) is 18.8 Å². The molecular formula is C20H25N3O4S. The molecule has 7 nitrogen and oxygen atoms in total. The van der Waals surface area contributed by atoms with Crippen LogP contribution in [0, 0.1) is 0 Å². The van der Waals surface area contributed by atoms with Gasteiger partial charge in [-0.2, -0.15) is 4.31 Å². The summed E-state index contributed by atoms with van der Waals surface area (Å²) in [5.41, 5.74) is 0.827. The van der Waals surface area contributed by atoms with Crippen molar-refractivity contribution in [2.24, 2.45) is 0 Å². The molecule has 1 heterocycles. The standard InChI is InChI=1S/C20H25N3O4S/c1-27-18-7-9-19(10-8-18)28(25,26)23(15-17-5-3-2-4-6-17)16-20(24)22-13-11-21-12-14-22/h2-10,21H,11-16H2,1H3. The minimum Gasteiger partial charge on any atom is -0.497 e. The summed E-state index contributed by atoms with van der Waals surface area (Å²) in [5.74, 6) is 0.389. The third-order valence-electron chi connectivity index (χ3n) is 4.68. The lowest BCUT2D eigenvalue weighted by atomic mass is 10.2. The van der Waals surface area contributed by atoms with Gasteiger partial charge >= 0.3 is 0 Å². The number of hydrogen-bond donors (Lipinski definition) is 1. The lowest BCUT2D eigenvalue weighted by Gasteiger charge is -2.30. The van der Waals surface area contributed by atoms with Crippen LogP contribution in [0.2, 0.25) is 0 Å². The summed E-state index contributed by atoms with van der Waals surface area (Å²) in [5, 5.41) is 3.19. The van der Waals surface area contributed by atoms with Gasteiger partial charge in [-0.1, -0.05) is 30.3 Å². The molecule has 1 aliphatic heterocycles.